The highest BCUT2D eigenvalue weighted by Gasteiger charge is 2.07. The van der Waals surface area contributed by atoms with Gasteiger partial charge in [-0.05, 0) is 5.56 Å². The molecule has 0 bridgehead atoms. The molecule has 2 N–H and O–H groups in total. The predicted octanol–water partition coefficient (Wildman–Crippen LogP) is 0.303. The molecule has 1 heterocycles. The zero-order valence-electron chi connectivity index (χ0n) is 10.6. The first-order chi connectivity index (χ1) is 9.09. The van der Waals surface area contributed by atoms with Crippen molar-refractivity contribution >= 4 is 5.69 Å². The Hall–Kier alpha value is -2.34. The van der Waals surface area contributed by atoms with Crippen molar-refractivity contribution in [1.82, 2.24) is 9.13 Å². The molecule has 2 rings (SSSR count). The second-order valence-corrected chi connectivity index (χ2v) is 4.17. The van der Waals surface area contributed by atoms with Crippen LogP contribution >= 0.6 is 0 Å². The number of nitrogen functional groups attached to an aromatic ring is 1. The lowest BCUT2D eigenvalue weighted by molar-refractivity contribution is 0.0582. The fourth-order valence-corrected chi connectivity index (χ4v) is 1.70. The number of hydrogen-bond acceptors (Lipinski definition) is 4. The average molecular weight is 261 g/mol. The van der Waals surface area contributed by atoms with Crippen molar-refractivity contribution in [2.75, 3.05) is 5.73 Å². The van der Waals surface area contributed by atoms with E-state index in [1.807, 2.05) is 30.3 Å². The second-order valence-electron chi connectivity index (χ2n) is 4.17. The first-order valence-electron chi connectivity index (χ1n) is 5.77. The topological polar surface area (TPSA) is 79.2 Å². The van der Waals surface area contributed by atoms with E-state index in [0.717, 1.165) is 10.1 Å². The Kier molecular flexibility index (Phi) is 3.82. The number of aryl methyl sites for hydroxylation is 1. The summed E-state index contributed by atoms with van der Waals surface area (Å²) < 4.78 is 7.59. The first-order valence-corrected chi connectivity index (χ1v) is 5.77. The monoisotopic (exact) mass is 261 g/mol. The van der Waals surface area contributed by atoms with Crippen LogP contribution in [0.5, 0.6) is 0 Å². The molecule has 6 nitrogen and oxygen atoms in total. The molecular formula is C13H15N3O3. The van der Waals surface area contributed by atoms with E-state index in [1.165, 1.54) is 17.8 Å². The van der Waals surface area contributed by atoms with Crippen molar-refractivity contribution in [2.45, 2.75) is 13.3 Å². The predicted molar refractivity (Wildman–Crippen MR) is 71.6 cm³/mol. The van der Waals surface area contributed by atoms with Crippen LogP contribution in [0.3, 0.4) is 0 Å². The van der Waals surface area contributed by atoms with Crippen LogP contribution in [-0.4, -0.2) is 9.13 Å². The number of rotatable bonds is 4. The van der Waals surface area contributed by atoms with Gasteiger partial charge in [0.25, 0.3) is 5.56 Å². The van der Waals surface area contributed by atoms with E-state index in [-0.39, 0.29) is 12.4 Å². The quantitative estimate of drug-likeness (QED) is 0.858. The van der Waals surface area contributed by atoms with E-state index < -0.39 is 11.2 Å². The normalized spacial score (nSPS) is 10.6. The highest BCUT2D eigenvalue weighted by Crippen LogP contribution is 2.00. The lowest BCUT2D eigenvalue weighted by Gasteiger charge is -2.09. The summed E-state index contributed by atoms with van der Waals surface area (Å²) in [6.45, 7) is 0.205. The lowest BCUT2D eigenvalue weighted by Crippen LogP contribution is -2.40. The minimum atomic E-state index is -0.531. The second kappa shape index (κ2) is 5.53. The van der Waals surface area contributed by atoms with Gasteiger partial charge >= 0.3 is 5.69 Å². The average Bonchev–Trinajstić information content (AvgIpc) is 2.42. The van der Waals surface area contributed by atoms with Gasteiger partial charge in [-0.2, -0.15) is 0 Å². The largest absolute Gasteiger partial charge is 0.393 e. The zero-order valence-corrected chi connectivity index (χ0v) is 10.6. The molecule has 0 saturated carbocycles. The summed E-state index contributed by atoms with van der Waals surface area (Å²) in [4.78, 5) is 23.5. The maximum atomic E-state index is 11.8. The van der Waals surface area contributed by atoms with Crippen LogP contribution in [0.1, 0.15) is 5.56 Å². The summed E-state index contributed by atoms with van der Waals surface area (Å²) in [5.41, 5.74) is 5.53. The van der Waals surface area contributed by atoms with Gasteiger partial charge in [-0.25, -0.2) is 9.36 Å². The molecule has 100 valence electrons. The lowest BCUT2D eigenvalue weighted by atomic mass is 10.2. The molecule has 1 aromatic carbocycles. The molecule has 0 fully saturated rings. The van der Waals surface area contributed by atoms with Gasteiger partial charge in [0, 0.05) is 13.2 Å². The summed E-state index contributed by atoms with van der Waals surface area (Å²) >= 11 is 0. The summed E-state index contributed by atoms with van der Waals surface area (Å²) in [6, 6.07) is 9.50. The molecule has 6 heteroatoms. The van der Waals surface area contributed by atoms with Crippen LogP contribution in [0.4, 0.5) is 5.69 Å². The highest BCUT2D eigenvalue weighted by molar-refractivity contribution is 5.30. The highest BCUT2D eigenvalue weighted by atomic mass is 16.5. The van der Waals surface area contributed by atoms with Gasteiger partial charge in [-0.15, -0.1) is 0 Å². The maximum absolute atomic E-state index is 11.8. The third kappa shape index (κ3) is 2.92. The van der Waals surface area contributed by atoms with E-state index in [4.69, 9.17) is 10.5 Å². The number of hydrogen-bond donors (Lipinski definition) is 1. The standard InChI is InChI=1S/C13H15N3O3/c1-15-7-11(14)12(17)16(13(15)18)9-19-8-10-5-3-2-4-6-10/h2-7H,8-9,14H2,1H3. The summed E-state index contributed by atoms with van der Waals surface area (Å²) in [5, 5.41) is 0. The van der Waals surface area contributed by atoms with Gasteiger partial charge in [0.15, 0.2) is 0 Å². The van der Waals surface area contributed by atoms with E-state index in [9.17, 15) is 9.59 Å². The van der Waals surface area contributed by atoms with Crippen molar-refractivity contribution in [1.29, 1.82) is 0 Å². The number of ether oxygens (including phenoxy) is 1. The van der Waals surface area contributed by atoms with Crippen LogP contribution in [0.15, 0.2) is 46.1 Å². The van der Waals surface area contributed by atoms with Gasteiger partial charge in [-0.3, -0.25) is 4.79 Å². The molecule has 0 aliphatic carbocycles. The summed E-state index contributed by atoms with van der Waals surface area (Å²) in [6.07, 6.45) is 1.30. The van der Waals surface area contributed by atoms with Crippen molar-refractivity contribution in [3.8, 4) is 0 Å². The van der Waals surface area contributed by atoms with E-state index >= 15 is 0 Å². The number of nitrogens with two attached hydrogens (primary N) is 1. The number of anilines is 1. The number of benzene rings is 1. The Balaban J connectivity index is 2.13. The van der Waals surface area contributed by atoms with Crippen molar-refractivity contribution in [2.24, 2.45) is 7.05 Å². The molecule has 2 aromatic rings. The molecule has 0 spiro atoms. The SMILES string of the molecule is Cn1cc(N)c(=O)n(COCc2ccccc2)c1=O. The Morgan fingerprint density at radius 1 is 1.21 bits per heavy atom. The fraction of sp³-hybridized carbons (Fsp3) is 0.231. The van der Waals surface area contributed by atoms with Crippen molar-refractivity contribution in [3.05, 3.63) is 62.9 Å². The molecule has 0 amide bonds. The maximum Gasteiger partial charge on any atom is 0.332 e. The number of aromatic nitrogens is 2. The van der Waals surface area contributed by atoms with Crippen molar-refractivity contribution in [3.63, 3.8) is 0 Å². The van der Waals surface area contributed by atoms with Gasteiger partial charge in [0.05, 0.1) is 6.61 Å². The van der Waals surface area contributed by atoms with Crippen LogP contribution < -0.4 is 17.0 Å². The Morgan fingerprint density at radius 2 is 1.89 bits per heavy atom. The van der Waals surface area contributed by atoms with Crippen molar-refractivity contribution < 1.29 is 4.74 Å². The summed E-state index contributed by atoms with van der Waals surface area (Å²) in [7, 11) is 1.53. The minimum absolute atomic E-state index is 0.0189. The number of nitrogens with zero attached hydrogens (tertiary/aromatic N) is 2. The minimum Gasteiger partial charge on any atom is -0.393 e. The zero-order chi connectivity index (χ0) is 13.8. The van der Waals surface area contributed by atoms with Crippen LogP contribution in [0, 0.1) is 0 Å². The molecule has 0 atom stereocenters. The molecule has 1 aromatic heterocycles. The van der Waals surface area contributed by atoms with Gasteiger partial charge in [0.2, 0.25) is 0 Å². The molecule has 19 heavy (non-hydrogen) atoms. The van der Waals surface area contributed by atoms with Crippen LogP contribution in [0.25, 0.3) is 0 Å². The summed E-state index contributed by atoms with van der Waals surface area (Å²) in [5.74, 6) is 0. The van der Waals surface area contributed by atoms with Crippen LogP contribution in [-0.2, 0) is 25.1 Å². The molecule has 0 saturated heterocycles. The Labute approximate surface area is 109 Å². The van der Waals surface area contributed by atoms with E-state index in [0.29, 0.717) is 6.61 Å². The van der Waals surface area contributed by atoms with Gasteiger partial charge in [0.1, 0.15) is 12.4 Å². The van der Waals surface area contributed by atoms with E-state index in [1.54, 1.807) is 0 Å². The molecule has 0 aliphatic rings. The molecular weight excluding hydrogens is 246 g/mol. The fourth-order valence-electron chi connectivity index (χ4n) is 1.70. The van der Waals surface area contributed by atoms with E-state index in [2.05, 4.69) is 0 Å². The molecule has 0 aliphatic heterocycles. The molecule has 0 radical (unpaired) electrons. The van der Waals surface area contributed by atoms with Gasteiger partial charge < -0.3 is 15.0 Å². The third-order valence-corrected chi connectivity index (χ3v) is 2.69. The smallest absolute Gasteiger partial charge is 0.332 e. The molecule has 0 unspecified atom stereocenters. The Bertz CT molecular complexity index is 640. The van der Waals surface area contributed by atoms with Crippen LogP contribution in [0.2, 0.25) is 0 Å². The first kappa shape index (κ1) is 13.1. The van der Waals surface area contributed by atoms with Gasteiger partial charge in [-0.1, -0.05) is 30.3 Å². The third-order valence-electron chi connectivity index (χ3n) is 2.69. The Morgan fingerprint density at radius 3 is 2.58 bits per heavy atom.